The molecule has 0 aliphatic carbocycles. The summed E-state index contributed by atoms with van der Waals surface area (Å²) in [5, 5.41) is 14.6. The lowest BCUT2D eigenvalue weighted by Crippen LogP contribution is -2.41. The van der Waals surface area contributed by atoms with Gasteiger partial charge in [0, 0.05) is 49.3 Å². The van der Waals surface area contributed by atoms with Gasteiger partial charge in [0.15, 0.2) is 5.78 Å². The zero-order valence-corrected chi connectivity index (χ0v) is 25.2. The van der Waals surface area contributed by atoms with Gasteiger partial charge >= 0.3 is 5.97 Å². The number of alkyl halides is 2. The zero-order chi connectivity index (χ0) is 31.9. The van der Waals surface area contributed by atoms with Crippen molar-refractivity contribution >= 4 is 58.2 Å². The van der Waals surface area contributed by atoms with Crippen LogP contribution in [0.2, 0.25) is 10.0 Å². The number of Topliss-reactive ketones (excluding diaryl/α,β-unsaturated/α-hetero) is 1. The number of hydrogen-bond donors (Lipinski definition) is 3. The Bertz CT molecular complexity index is 1430. The van der Waals surface area contributed by atoms with Gasteiger partial charge in [-0.3, -0.25) is 19.4 Å². The Morgan fingerprint density at radius 2 is 1.77 bits per heavy atom. The fraction of sp³-hybridized carbons (Fsp3) is 0.433. The van der Waals surface area contributed by atoms with Crippen molar-refractivity contribution in [1.82, 2.24) is 10.6 Å². The molecule has 0 radical (unpaired) electrons. The van der Waals surface area contributed by atoms with Gasteiger partial charge in [0.05, 0.1) is 35.4 Å². The number of nitrogens with zero attached hydrogens (tertiary/aromatic N) is 2. The summed E-state index contributed by atoms with van der Waals surface area (Å²) in [5.74, 6) is -5.90. The van der Waals surface area contributed by atoms with Crippen LogP contribution in [0.3, 0.4) is 0 Å². The first-order valence-electron chi connectivity index (χ1n) is 14.1. The Morgan fingerprint density at radius 1 is 1.07 bits per heavy atom. The first kappa shape index (κ1) is 33.3. The molecule has 2 aliphatic rings. The van der Waals surface area contributed by atoms with Crippen molar-refractivity contribution < 1.29 is 37.8 Å². The third-order valence-electron chi connectivity index (χ3n) is 7.30. The number of hydrogen-bond acceptors (Lipinski definition) is 7. The van der Waals surface area contributed by atoms with E-state index < -0.39 is 42.1 Å². The SMILES string of the molecule is O=C(CC[C@H](NC(=O)c1c(Cl)cc(N2CCOCC2)cc1Cl)C(=O)O)CNC(=O)c1cccc(CC2=NCC(F)(F)CC2)c1. The van der Waals surface area contributed by atoms with Gasteiger partial charge in [-0.2, -0.15) is 0 Å². The summed E-state index contributed by atoms with van der Waals surface area (Å²) >= 11 is 12.7. The molecule has 14 heteroatoms. The molecule has 0 aromatic heterocycles. The molecule has 3 N–H and O–H groups in total. The van der Waals surface area contributed by atoms with Gasteiger partial charge in [0.1, 0.15) is 12.6 Å². The van der Waals surface area contributed by atoms with Crippen LogP contribution in [0.15, 0.2) is 41.4 Å². The number of carbonyl (C=O) groups is 4. The minimum Gasteiger partial charge on any atom is -0.480 e. The maximum atomic E-state index is 13.3. The molecule has 1 atom stereocenters. The quantitative estimate of drug-likeness (QED) is 0.312. The molecule has 2 aliphatic heterocycles. The topological polar surface area (TPSA) is 137 Å². The molecule has 236 valence electrons. The van der Waals surface area contributed by atoms with E-state index in [1.807, 2.05) is 4.90 Å². The first-order valence-corrected chi connectivity index (χ1v) is 14.8. The number of carboxylic acid groups (broad SMARTS) is 1. The molecule has 0 unspecified atom stereocenters. The maximum absolute atomic E-state index is 13.3. The van der Waals surface area contributed by atoms with Crippen molar-refractivity contribution in [2.75, 3.05) is 44.3 Å². The standard InChI is InChI=1S/C30H32Cl2F2N4O6/c31-23-14-21(38-8-10-44-11-9-38)15-24(32)26(23)28(41)37-25(29(42)43)5-4-22(39)16-35-27(40)19-3-1-2-18(12-19)13-20-6-7-30(33,34)17-36-20/h1-3,12,14-15,25H,4-11,13,16-17H2,(H,35,40)(H,37,41)(H,42,43)/t25-/m0/s1. The number of amides is 2. The van der Waals surface area contributed by atoms with Gasteiger partial charge in [-0.25, -0.2) is 13.6 Å². The average molecular weight is 654 g/mol. The molecule has 0 spiro atoms. The predicted octanol–water partition coefficient (Wildman–Crippen LogP) is 4.20. The minimum absolute atomic E-state index is 0.0526. The average Bonchev–Trinajstić information content (AvgIpc) is 2.99. The number of aliphatic imine (C=N–C) groups is 1. The van der Waals surface area contributed by atoms with Gasteiger partial charge < -0.3 is 25.4 Å². The summed E-state index contributed by atoms with van der Waals surface area (Å²) in [5.41, 5.74) is 2.27. The van der Waals surface area contributed by atoms with Crippen LogP contribution in [-0.4, -0.2) is 85.7 Å². The van der Waals surface area contributed by atoms with E-state index >= 15 is 0 Å². The number of morpholine rings is 1. The van der Waals surface area contributed by atoms with Crippen LogP contribution in [0.25, 0.3) is 0 Å². The second-order valence-electron chi connectivity index (χ2n) is 10.6. The molecule has 4 rings (SSSR count). The summed E-state index contributed by atoms with van der Waals surface area (Å²) in [7, 11) is 0. The fourth-order valence-electron chi connectivity index (χ4n) is 4.86. The van der Waals surface area contributed by atoms with Crippen molar-refractivity contribution in [1.29, 1.82) is 0 Å². The number of ether oxygens (including phenoxy) is 1. The van der Waals surface area contributed by atoms with Crippen molar-refractivity contribution in [3.63, 3.8) is 0 Å². The molecule has 0 bridgehead atoms. The van der Waals surface area contributed by atoms with E-state index in [1.54, 1.807) is 36.4 Å². The van der Waals surface area contributed by atoms with E-state index in [0.717, 1.165) is 5.56 Å². The van der Waals surface area contributed by atoms with Gasteiger partial charge in [-0.15, -0.1) is 0 Å². The molecular weight excluding hydrogens is 621 g/mol. The van der Waals surface area contributed by atoms with Crippen LogP contribution < -0.4 is 15.5 Å². The summed E-state index contributed by atoms with van der Waals surface area (Å²) in [6.07, 6.45) is -0.207. The number of rotatable bonds is 12. The van der Waals surface area contributed by atoms with Gasteiger partial charge in [-0.1, -0.05) is 35.3 Å². The van der Waals surface area contributed by atoms with Crippen molar-refractivity contribution in [3.8, 4) is 0 Å². The lowest BCUT2D eigenvalue weighted by Gasteiger charge is -2.29. The Labute approximate surface area is 262 Å². The monoisotopic (exact) mass is 652 g/mol. The summed E-state index contributed by atoms with van der Waals surface area (Å²) in [4.78, 5) is 55.9. The van der Waals surface area contributed by atoms with Crippen LogP contribution in [-0.2, 0) is 20.7 Å². The van der Waals surface area contributed by atoms with E-state index in [-0.39, 0.29) is 53.4 Å². The number of benzene rings is 2. The highest BCUT2D eigenvalue weighted by Crippen LogP contribution is 2.31. The highest BCUT2D eigenvalue weighted by Gasteiger charge is 2.32. The molecule has 2 amide bonds. The molecule has 1 saturated heterocycles. The minimum atomic E-state index is -2.79. The summed E-state index contributed by atoms with van der Waals surface area (Å²) in [6, 6.07) is 8.32. The molecule has 0 saturated carbocycles. The number of carboxylic acids is 1. The Balaban J connectivity index is 1.27. The molecule has 2 aromatic rings. The molecular formula is C30H32Cl2F2N4O6. The molecule has 10 nitrogen and oxygen atoms in total. The number of nitrogens with one attached hydrogen (secondary N) is 2. The molecule has 1 fully saturated rings. The van der Waals surface area contributed by atoms with E-state index in [9.17, 15) is 33.1 Å². The van der Waals surface area contributed by atoms with Crippen LogP contribution in [0.4, 0.5) is 14.5 Å². The van der Waals surface area contributed by atoms with Crippen molar-refractivity contribution in [3.05, 3.63) is 63.1 Å². The Hall–Kier alpha value is -3.61. The zero-order valence-electron chi connectivity index (χ0n) is 23.7. The van der Waals surface area contributed by atoms with E-state index in [0.29, 0.717) is 44.1 Å². The van der Waals surface area contributed by atoms with Crippen LogP contribution >= 0.6 is 23.2 Å². The van der Waals surface area contributed by atoms with E-state index in [4.69, 9.17) is 27.9 Å². The first-order chi connectivity index (χ1) is 20.9. The van der Waals surface area contributed by atoms with Gasteiger partial charge in [-0.05, 0) is 42.7 Å². The van der Waals surface area contributed by atoms with E-state index in [2.05, 4.69) is 15.6 Å². The Kier molecular flexibility index (Phi) is 11.3. The van der Waals surface area contributed by atoms with Crippen LogP contribution in [0.1, 0.15) is 52.0 Å². The van der Waals surface area contributed by atoms with Gasteiger partial charge in [0.25, 0.3) is 17.7 Å². The fourth-order valence-corrected chi connectivity index (χ4v) is 5.51. The van der Waals surface area contributed by atoms with E-state index in [1.165, 1.54) is 0 Å². The third-order valence-corrected chi connectivity index (χ3v) is 7.90. The van der Waals surface area contributed by atoms with Crippen LogP contribution in [0, 0.1) is 0 Å². The van der Waals surface area contributed by atoms with Gasteiger partial charge in [0.2, 0.25) is 0 Å². The molecule has 2 aromatic carbocycles. The smallest absolute Gasteiger partial charge is 0.326 e. The second-order valence-corrected chi connectivity index (χ2v) is 11.4. The normalized spacial score (nSPS) is 16.9. The molecule has 2 heterocycles. The number of aliphatic carboxylic acids is 1. The molecule has 44 heavy (non-hydrogen) atoms. The number of carbonyl (C=O) groups excluding carboxylic acids is 3. The lowest BCUT2D eigenvalue weighted by molar-refractivity contribution is -0.139. The maximum Gasteiger partial charge on any atom is 0.326 e. The number of halogens is 4. The van der Waals surface area contributed by atoms with Crippen molar-refractivity contribution in [2.45, 2.75) is 44.1 Å². The summed E-state index contributed by atoms with van der Waals surface area (Å²) < 4.78 is 32.0. The predicted molar refractivity (Wildman–Crippen MR) is 162 cm³/mol. The highest BCUT2D eigenvalue weighted by molar-refractivity contribution is 6.40. The van der Waals surface area contributed by atoms with Crippen LogP contribution in [0.5, 0.6) is 0 Å². The third kappa shape index (κ3) is 9.20. The highest BCUT2D eigenvalue weighted by atomic mass is 35.5. The number of ketones is 1. The number of anilines is 1. The Morgan fingerprint density at radius 3 is 2.41 bits per heavy atom. The lowest BCUT2D eigenvalue weighted by atomic mass is 9.98. The largest absolute Gasteiger partial charge is 0.480 e. The summed E-state index contributed by atoms with van der Waals surface area (Å²) in [6.45, 7) is 1.44. The second kappa shape index (κ2) is 14.9. The van der Waals surface area contributed by atoms with Crippen molar-refractivity contribution in [2.24, 2.45) is 4.99 Å².